The first-order valence-corrected chi connectivity index (χ1v) is 5.86. The number of thiol groups is 1. The van der Waals surface area contributed by atoms with E-state index in [1.807, 2.05) is 0 Å². The Balaban J connectivity index is 3.37. The van der Waals surface area contributed by atoms with Crippen molar-refractivity contribution in [2.45, 2.75) is 18.6 Å². The van der Waals surface area contributed by atoms with Crippen molar-refractivity contribution in [3.05, 3.63) is 28.8 Å². The van der Waals surface area contributed by atoms with Crippen LogP contribution in [0.3, 0.4) is 0 Å². The lowest BCUT2D eigenvalue weighted by Gasteiger charge is -2.21. The molecule has 1 aromatic rings. The van der Waals surface area contributed by atoms with Crippen molar-refractivity contribution in [2.24, 2.45) is 5.84 Å². The van der Waals surface area contributed by atoms with Crippen LogP contribution < -0.4 is 11.3 Å². The standard InChI is InChI=1S/C9H13ClN2O2S/c1-9(2,15(13)14)7-4-3-6(10)5-8(7)12-11/h3-5,12,15H,11H2,1-2H3. The number of anilines is 1. The highest BCUT2D eigenvalue weighted by Gasteiger charge is 2.27. The SMILES string of the molecule is CC(C)(c1ccc(Cl)cc1NN)[SH](=O)=O. The van der Waals surface area contributed by atoms with Crippen LogP contribution in [0.5, 0.6) is 0 Å². The Labute approximate surface area is 95.3 Å². The number of nitrogen functional groups attached to an aromatic ring is 1. The molecule has 0 aromatic heterocycles. The summed E-state index contributed by atoms with van der Waals surface area (Å²) in [7, 11) is -2.59. The summed E-state index contributed by atoms with van der Waals surface area (Å²) >= 11 is 5.78. The largest absolute Gasteiger partial charge is 0.324 e. The van der Waals surface area contributed by atoms with Crippen molar-refractivity contribution in [2.75, 3.05) is 5.43 Å². The zero-order valence-corrected chi connectivity index (χ0v) is 10.1. The summed E-state index contributed by atoms with van der Waals surface area (Å²) in [6.45, 7) is 3.23. The number of hydrazine groups is 1. The van der Waals surface area contributed by atoms with Gasteiger partial charge in [0, 0.05) is 5.02 Å². The van der Waals surface area contributed by atoms with Crippen LogP contribution in [0.1, 0.15) is 19.4 Å². The summed E-state index contributed by atoms with van der Waals surface area (Å²) < 4.78 is 21.2. The van der Waals surface area contributed by atoms with Crippen molar-refractivity contribution < 1.29 is 8.42 Å². The summed E-state index contributed by atoms with van der Waals surface area (Å²) in [6, 6.07) is 4.89. The number of nitrogens with two attached hydrogens (primary N) is 1. The molecule has 1 rings (SSSR count). The minimum Gasteiger partial charge on any atom is -0.324 e. The Morgan fingerprint density at radius 2 is 2.00 bits per heavy atom. The topological polar surface area (TPSA) is 72.2 Å². The summed E-state index contributed by atoms with van der Waals surface area (Å²) in [6.07, 6.45) is 0. The van der Waals surface area contributed by atoms with Gasteiger partial charge in [0.05, 0.1) is 10.4 Å². The monoisotopic (exact) mass is 248 g/mol. The molecular weight excluding hydrogens is 236 g/mol. The molecule has 6 heteroatoms. The van der Waals surface area contributed by atoms with Gasteiger partial charge in [0.2, 0.25) is 0 Å². The average Bonchev–Trinajstić information content (AvgIpc) is 2.16. The predicted octanol–water partition coefficient (Wildman–Crippen LogP) is 1.47. The first-order chi connectivity index (χ1) is 6.89. The molecule has 0 radical (unpaired) electrons. The quantitative estimate of drug-likeness (QED) is 0.430. The van der Waals surface area contributed by atoms with E-state index in [1.54, 1.807) is 32.0 Å². The van der Waals surface area contributed by atoms with E-state index < -0.39 is 15.5 Å². The first kappa shape index (κ1) is 12.3. The van der Waals surface area contributed by atoms with Gasteiger partial charge < -0.3 is 5.43 Å². The Kier molecular flexibility index (Phi) is 3.59. The molecule has 0 aliphatic carbocycles. The van der Waals surface area contributed by atoms with Crippen LogP contribution in [0.25, 0.3) is 0 Å². The van der Waals surface area contributed by atoms with Crippen LogP contribution in [-0.4, -0.2) is 8.42 Å². The normalized spacial score (nSPS) is 11.8. The van der Waals surface area contributed by atoms with Crippen molar-refractivity contribution in [3.63, 3.8) is 0 Å². The van der Waals surface area contributed by atoms with Crippen LogP contribution in [0.4, 0.5) is 5.69 Å². The summed E-state index contributed by atoms with van der Waals surface area (Å²) in [4.78, 5) is 0. The van der Waals surface area contributed by atoms with Gasteiger partial charge >= 0.3 is 0 Å². The van der Waals surface area contributed by atoms with Crippen LogP contribution in [-0.2, 0) is 15.5 Å². The molecule has 0 saturated heterocycles. The zero-order valence-electron chi connectivity index (χ0n) is 8.45. The lowest BCUT2D eigenvalue weighted by molar-refractivity contribution is 0.577. The molecule has 84 valence electrons. The van der Waals surface area contributed by atoms with Crippen LogP contribution in [0, 0.1) is 0 Å². The van der Waals surface area contributed by atoms with Gasteiger partial charge in [0.1, 0.15) is 10.7 Å². The molecule has 0 heterocycles. The summed E-state index contributed by atoms with van der Waals surface area (Å²) in [5.74, 6) is 5.31. The number of rotatable bonds is 3. The molecule has 4 nitrogen and oxygen atoms in total. The van der Waals surface area contributed by atoms with E-state index in [0.29, 0.717) is 16.3 Å². The van der Waals surface area contributed by atoms with E-state index in [-0.39, 0.29) is 0 Å². The van der Waals surface area contributed by atoms with E-state index >= 15 is 0 Å². The fraction of sp³-hybridized carbons (Fsp3) is 0.333. The molecule has 3 N–H and O–H groups in total. The van der Waals surface area contributed by atoms with Gasteiger partial charge in [-0.05, 0) is 31.5 Å². The van der Waals surface area contributed by atoms with Crippen LogP contribution in [0.15, 0.2) is 18.2 Å². The molecule has 0 aliphatic rings. The fourth-order valence-electron chi connectivity index (χ4n) is 1.27. The summed E-state index contributed by atoms with van der Waals surface area (Å²) in [5, 5.41) is 0.503. The highest BCUT2D eigenvalue weighted by atomic mass is 35.5. The average molecular weight is 249 g/mol. The van der Waals surface area contributed by atoms with E-state index in [9.17, 15) is 8.42 Å². The maximum Gasteiger partial charge on any atom is 0.149 e. The second-order valence-electron chi connectivity index (χ2n) is 3.65. The molecule has 0 atom stereocenters. The second kappa shape index (κ2) is 4.38. The minimum absolute atomic E-state index is 0.503. The number of benzene rings is 1. The number of hydrogen-bond acceptors (Lipinski definition) is 4. The van der Waals surface area contributed by atoms with Crippen molar-refractivity contribution in [3.8, 4) is 0 Å². The maximum absolute atomic E-state index is 11.1. The van der Waals surface area contributed by atoms with Gasteiger partial charge in [-0.25, -0.2) is 8.42 Å². The molecule has 0 unspecified atom stereocenters. The molecule has 1 aromatic carbocycles. The van der Waals surface area contributed by atoms with E-state index in [2.05, 4.69) is 5.43 Å². The fourth-order valence-corrected chi connectivity index (χ4v) is 1.83. The molecule has 0 aliphatic heterocycles. The highest BCUT2D eigenvalue weighted by molar-refractivity contribution is 7.73. The Bertz CT molecular complexity index is 436. The number of hydrogen-bond donors (Lipinski definition) is 3. The Hall–Kier alpha value is -0.780. The van der Waals surface area contributed by atoms with E-state index in [4.69, 9.17) is 17.4 Å². The molecular formula is C9H13ClN2O2S. The van der Waals surface area contributed by atoms with Gasteiger partial charge in [-0.15, -0.1) is 0 Å². The first-order valence-electron chi connectivity index (χ1n) is 4.30. The third-order valence-corrected chi connectivity index (χ3v) is 3.64. The predicted molar refractivity (Wildman–Crippen MR) is 62.6 cm³/mol. The maximum atomic E-state index is 11.1. The Morgan fingerprint density at radius 1 is 1.40 bits per heavy atom. The number of nitrogens with one attached hydrogen (secondary N) is 1. The third-order valence-electron chi connectivity index (χ3n) is 2.25. The van der Waals surface area contributed by atoms with Gasteiger partial charge in [-0.2, -0.15) is 0 Å². The molecule has 0 spiro atoms. The third kappa shape index (κ3) is 2.42. The minimum atomic E-state index is -2.59. The summed E-state index contributed by atoms with van der Waals surface area (Å²) in [5.41, 5.74) is 3.57. The van der Waals surface area contributed by atoms with Crippen LogP contribution >= 0.6 is 11.6 Å². The van der Waals surface area contributed by atoms with Gasteiger partial charge in [-0.1, -0.05) is 17.7 Å². The molecule has 0 saturated carbocycles. The van der Waals surface area contributed by atoms with Gasteiger partial charge in [0.15, 0.2) is 0 Å². The number of halogens is 1. The molecule has 15 heavy (non-hydrogen) atoms. The van der Waals surface area contributed by atoms with E-state index in [0.717, 1.165) is 0 Å². The Morgan fingerprint density at radius 3 is 2.47 bits per heavy atom. The molecule has 0 bridgehead atoms. The van der Waals surface area contributed by atoms with E-state index in [1.165, 1.54) is 0 Å². The van der Waals surface area contributed by atoms with Gasteiger partial charge in [0.25, 0.3) is 0 Å². The second-order valence-corrected chi connectivity index (χ2v) is 5.72. The lowest BCUT2D eigenvalue weighted by atomic mass is 10.0. The smallest absolute Gasteiger partial charge is 0.149 e. The van der Waals surface area contributed by atoms with Gasteiger partial charge in [-0.3, -0.25) is 5.84 Å². The van der Waals surface area contributed by atoms with Crippen molar-refractivity contribution in [1.82, 2.24) is 0 Å². The molecule has 0 amide bonds. The van der Waals surface area contributed by atoms with Crippen molar-refractivity contribution in [1.29, 1.82) is 0 Å². The zero-order chi connectivity index (χ0) is 11.6. The lowest BCUT2D eigenvalue weighted by Crippen LogP contribution is -2.22. The van der Waals surface area contributed by atoms with Crippen LogP contribution in [0.2, 0.25) is 5.02 Å². The molecule has 0 fully saturated rings. The highest BCUT2D eigenvalue weighted by Crippen LogP contribution is 2.32. The van der Waals surface area contributed by atoms with Crippen molar-refractivity contribution >= 4 is 28.0 Å².